The van der Waals surface area contributed by atoms with Crippen LogP contribution in [-0.4, -0.2) is 61.0 Å². The second kappa shape index (κ2) is 7.84. The lowest BCUT2D eigenvalue weighted by atomic mass is 10.2. The summed E-state index contributed by atoms with van der Waals surface area (Å²) < 4.78 is 5.12. The number of anilines is 2. The lowest BCUT2D eigenvalue weighted by molar-refractivity contribution is -0.132. The number of morpholine rings is 1. The second-order valence-corrected chi connectivity index (χ2v) is 6.50. The van der Waals surface area contributed by atoms with Gasteiger partial charge in [-0.05, 0) is 43.7 Å². The fraction of sp³-hybridized carbons (Fsp3) is 0.500. The number of benzene rings is 1. The molecule has 0 aromatic heterocycles. The summed E-state index contributed by atoms with van der Waals surface area (Å²) in [6, 6.07) is 6.21. The Balaban J connectivity index is 1.68. The van der Waals surface area contributed by atoms with Crippen molar-refractivity contribution in [3.05, 3.63) is 24.3 Å². The number of hydrogen-bond acceptors (Lipinski definition) is 5. The van der Waals surface area contributed by atoms with Crippen molar-refractivity contribution in [1.82, 2.24) is 4.90 Å². The first-order valence-corrected chi connectivity index (χ1v) is 8.85. The topological polar surface area (TPSA) is 105 Å². The van der Waals surface area contributed by atoms with Crippen LogP contribution in [0.2, 0.25) is 0 Å². The van der Waals surface area contributed by atoms with E-state index in [9.17, 15) is 14.4 Å². The SMILES string of the molecule is CCN(C1CC1)[C@H](C(N)=O)C(=O)Nc1ccc(N2CCOCC2=O)cc1. The molecule has 140 valence electrons. The summed E-state index contributed by atoms with van der Waals surface area (Å²) in [6.07, 6.45) is 1.96. The number of nitrogens with zero attached hydrogens (tertiary/aromatic N) is 2. The van der Waals surface area contributed by atoms with Crippen molar-refractivity contribution < 1.29 is 19.1 Å². The number of nitrogens with one attached hydrogen (secondary N) is 1. The highest BCUT2D eigenvalue weighted by molar-refractivity contribution is 6.09. The van der Waals surface area contributed by atoms with Crippen LogP contribution in [0.5, 0.6) is 0 Å². The number of carbonyl (C=O) groups excluding carboxylic acids is 3. The van der Waals surface area contributed by atoms with Gasteiger partial charge in [-0.2, -0.15) is 0 Å². The maximum absolute atomic E-state index is 12.6. The summed E-state index contributed by atoms with van der Waals surface area (Å²) in [4.78, 5) is 39.8. The Kier molecular flexibility index (Phi) is 5.53. The van der Waals surface area contributed by atoms with Gasteiger partial charge in [-0.1, -0.05) is 6.92 Å². The van der Waals surface area contributed by atoms with Crippen LogP contribution in [-0.2, 0) is 19.1 Å². The zero-order chi connectivity index (χ0) is 18.7. The average Bonchev–Trinajstić information content (AvgIpc) is 3.45. The summed E-state index contributed by atoms with van der Waals surface area (Å²) in [6.45, 7) is 3.58. The molecular formula is C18H24N4O4. The number of primary amides is 1. The molecule has 8 nitrogen and oxygen atoms in total. The quantitative estimate of drug-likeness (QED) is 0.682. The first-order valence-electron chi connectivity index (χ1n) is 8.85. The van der Waals surface area contributed by atoms with Gasteiger partial charge in [0, 0.05) is 24.0 Å². The number of carbonyl (C=O) groups is 3. The molecule has 3 rings (SSSR count). The van der Waals surface area contributed by atoms with E-state index in [-0.39, 0.29) is 18.6 Å². The van der Waals surface area contributed by atoms with Crippen LogP contribution in [0.15, 0.2) is 24.3 Å². The third-order valence-electron chi connectivity index (χ3n) is 4.66. The molecule has 1 heterocycles. The van der Waals surface area contributed by atoms with Crippen LogP contribution in [0.3, 0.4) is 0 Å². The minimum absolute atomic E-state index is 0.0762. The predicted molar refractivity (Wildman–Crippen MR) is 96.6 cm³/mol. The van der Waals surface area contributed by atoms with Gasteiger partial charge >= 0.3 is 0 Å². The smallest absolute Gasteiger partial charge is 0.253 e. The molecule has 1 aliphatic carbocycles. The van der Waals surface area contributed by atoms with Crippen molar-refractivity contribution in [3.8, 4) is 0 Å². The highest BCUT2D eigenvalue weighted by Crippen LogP contribution is 2.29. The summed E-state index contributed by atoms with van der Waals surface area (Å²) in [5.41, 5.74) is 6.77. The first kappa shape index (κ1) is 18.3. The normalized spacial score (nSPS) is 18.7. The fourth-order valence-corrected chi connectivity index (χ4v) is 3.23. The summed E-state index contributed by atoms with van der Waals surface area (Å²) in [5.74, 6) is -1.17. The van der Waals surface area contributed by atoms with Crippen LogP contribution >= 0.6 is 0 Å². The molecule has 1 aromatic carbocycles. The Morgan fingerprint density at radius 3 is 2.58 bits per heavy atom. The van der Waals surface area contributed by atoms with Gasteiger partial charge in [0.05, 0.1) is 6.61 Å². The zero-order valence-electron chi connectivity index (χ0n) is 14.8. The Labute approximate surface area is 152 Å². The minimum atomic E-state index is -0.979. The molecule has 0 bridgehead atoms. The summed E-state index contributed by atoms with van der Waals surface area (Å²) >= 11 is 0. The molecule has 1 atom stereocenters. The van der Waals surface area contributed by atoms with Gasteiger partial charge in [0.2, 0.25) is 5.91 Å². The molecule has 2 fully saturated rings. The molecule has 1 aromatic rings. The van der Waals surface area contributed by atoms with Crippen molar-refractivity contribution in [2.24, 2.45) is 5.73 Å². The van der Waals surface area contributed by atoms with Crippen molar-refractivity contribution >= 4 is 29.1 Å². The highest BCUT2D eigenvalue weighted by atomic mass is 16.5. The van der Waals surface area contributed by atoms with E-state index in [4.69, 9.17) is 10.5 Å². The standard InChI is InChI=1S/C18H24N4O4/c1-2-21(13-7-8-13)16(17(19)24)18(25)20-12-3-5-14(6-4-12)22-9-10-26-11-15(22)23/h3-6,13,16H,2,7-11H2,1H3,(H2,19,24)(H,20,25)/t16-/m1/s1. The number of nitrogens with two attached hydrogens (primary N) is 1. The van der Waals surface area contributed by atoms with E-state index >= 15 is 0 Å². The van der Waals surface area contributed by atoms with Crippen molar-refractivity contribution in [1.29, 1.82) is 0 Å². The summed E-state index contributed by atoms with van der Waals surface area (Å²) in [5, 5.41) is 2.75. The lowest BCUT2D eigenvalue weighted by Gasteiger charge is -2.28. The third-order valence-corrected chi connectivity index (χ3v) is 4.66. The molecular weight excluding hydrogens is 336 g/mol. The van der Waals surface area contributed by atoms with Gasteiger partial charge in [-0.3, -0.25) is 19.3 Å². The number of amides is 3. The lowest BCUT2D eigenvalue weighted by Crippen LogP contribution is -2.52. The van der Waals surface area contributed by atoms with E-state index in [0.29, 0.717) is 25.4 Å². The second-order valence-electron chi connectivity index (χ2n) is 6.50. The Bertz CT molecular complexity index is 687. The van der Waals surface area contributed by atoms with Crippen molar-refractivity contribution in [2.75, 3.05) is 36.5 Å². The van der Waals surface area contributed by atoms with Crippen LogP contribution in [0.25, 0.3) is 0 Å². The fourth-order valence-electron chi connectivity index (χ4n) is 3.23. The molecule has 26 heavy (non-hydrogen) atoms. The van der Waals surface area contributed by atoms with E-state index in [1.165, 1.54) is 0 Å². The Morgan fingerprint density at radius 2 is 2.04 bits per heavy atom. The van der Waals surface area contributed by atoms with E-state index in [1.807, 2.05) is 11.8 Å². The van der Waals surface area contributed by atoms with Crippen LogP contribution in [0.1, 0.15) is 19.8 Å². The molecule has 0 spiro atoms. The van der Waals surface area contributed by atoms with Crippen molar-refractivity contribution in [3.63, 3.8) is 0 Å². The molecule has 1 aliphatic heterocycles. The zero-order valence-corrected chi connectivity index (χ0v) is 14.8. The van der Waals surface area contributed by atoms with E-state index < -0.39 is 17.9 Å². The van der Waals surface area contributed by atoms with E-state index in [2.05, 4.69) is 5.32 Å². The largest absolute Gasteiger partial charge is 0.370 e. The average molecular weight is 360 g/mol. The molecule has 0 radical (unpaired) electrons. The van der Waals surface area contributed by atoms with Gasteiger partial charge in [-0.25, -0.2) is 0 Å². The molecule has 2 aliphatic rings. The van der Waals surface area contributed by atoms with Gasteiger partial charge in [-0.15, -0.1) is 0 Å². The van der Waals surface area contributed by atoms with Crippen LogP contribution < -0.4 is 16.0 Å². The van der Waals surface area contributed by atoms with Crippen LogP contribution in [0, 0.1) is 0 Å². The van der Waals surface area contributed by atoms with Crippen LogP contribution in [0.4, 0.5) is 11.4 Å². The summed E-state index contributed by atoms with van der Waals surface area (Å²) in [7, 11) is 0. The van der Waals surface area contributed by atoms with Gasteiger partial charge in [0.1, 0.15) is 6.61 Å². The monoisotopic (exact) mass is 360 g/mol. The minimum Gasteiger partial charge on any atom is -0.370 e. The van der Waals surface area contributed by atoms with Gasteiger partial charge in [0.25, 0.3) is 11.8 Å². The maximum Gasteiger partial charge on any atom is 0.253 e. The molecule has 0 unspecified atom stereocenters. The Morgan fingerprint density at radius 1 is 1.35 bits per heavy atom. The third kappa shape index (κ3) is 4.03. The molecule has 3 amide bonds. The molecule has 8 heteroatoms. The number of ether oxygens (including phenoxy) is 1. The molecule has 1 saturated heterocycles. The van der Waals surface area contributed by atoms with Crippen molar-refractivity contribution in [2.45, 2.75) is 31.8 Å². The predicted octanol–water partition coefficient (Wildman–Crippen LogP) is 0.327. The number of rotatable bonds is 7. The van der Waals surface area contributed by atoms with Gasteiger partial charge < -0.3 is 20.7 Å². The highest BCUT2D eigenvalue weighted by Gasteiger charge is 2.39. The number of likely N-dealkylation sites (N-methyl/N-ethyl adjacent to an activating group) is 1. The Hall–Kier alpha value is -2.45. The number of hydrogen-bond donors (Lipinski definition) is 2. The van der Waals surface area contributed by atoms with E-state index in [1.54, 1.807) is 29.2 Å². The molecule has 3 N–H and O–H groups in total. The van der Waals surface area contributed by atoms with E-state index in [0.717, 1.165) is 18.5 Å². The molecule has 1 saturated carbocycles. The first-order chi connectivity index (χ1) is 12.5. The maximum atomic E-state index is 12.6. The van der Waals surface area contributed by atoms with Gasteiger partial charge in [0.15, 0.2) is 6.04 Å².